The monoisotopic (exact) mass is 287 g/mol. The molecule has 0 N–H and O–H groups in total. The Bertz CT molecular complexity index is 738. The number of pyridine rings is 1. The molecule has 0 atom stereocenters. The molecule has 3 rings (SSSR count). The number of halogens is 2. The van der Waals surface area contributed by atoms with Crippen LogP contribution in [0.5, 0.6) is 0 Å². The van der Waals surface area contributed by atoms with Crippen LogP contribution in [0, 0.1) is 11.6 Å². The summed E-state index contributed by atoms with van der Waals surface area (Å²) in [7, 11) is 0. The van der Waals surface area contributed by atoms with Crippen molar-refractivity contribution >= 4 is 22.7 Å². The maximum Gasteiger partial charge on any atom is 0.126 e. The second-order valence-corrected chi connectivity index (χ2v) is 5.40. The summed E-state index contributed by atoms with van der Waals surface area (Å²) < 4.78 is 26.2. The van der Waals surface area contributed by atoms with E-state index in [1.807, 2.05) is 36.4 Å². The van der Waals surface area contributed by atoms with Crippen LogP contribution in [-0.4, -0.2) is 4.98 Å². The summed E-state index contributed by atoms with van der Waals surface area (Å²) in [5.41, 5.74) is 1.53. The van der Waals surface area contributed by atoms with E-state index < -0.39 is 11.6 Å². The minimum absolute atomic E-state index is 0.486. The average molecular weight is 287 g/mol. The summed E-state index contributed by atoms with van der Waals surface area (Å²) in [6, 6.07) is 15.3. The molecule has 1 nitrogen and oxygen atoms in total. The van der Waals surface area contributed by atoms with Gasteiger partial charge in [0.25, 0.3) is 0 Å². The molecule has 0 aliphatic rings. The van der Waals surface area contributed by atoms with Crippen LogP contribution in [0.15, 0.2) is 59.6 Å². The third kappa shape index (κ3) is 2.96. The number of rotatable bonds is 3. The first-order valence-corrected chi connectivity index (χ1v) is 7.13. The number of benzene rings is 2. The van der Waals surface area contributed by atoms with Crippen LogP contribution >= 0.6 is 11.8 Å². The van der Waals surface area contributed by atoms with E-state index in [1.54, 1.807) is 0 Å². The van der Waals surface area contributed by atoms with Gasteiger partial charge in [-0.3, -0.25) is 0 Å². The summed E-state index contributed by atoms with van der Waals surface area (Å²) in [5, 5.41) is 1.92. The van der Waals surface area contributed by atoms with E-state index in [1.165, 1.54) is 23.9 Å². The van der Waals surface area contributed by atoms with Gasteiger partial charge in [0.2, 0.25) is 0 Å². The van der Waals surface area contributed by atoms with Gasteiger partial charge in [-0.2, -0.15) is 0 Å². The SMILES string of the molecule is Fc1cc(F)cc(CSc2ccc3ccccc3n2)c1. The lowest BCUT2D eigenvalue weighted by Gasteiger charge is -2.04. The van der Waals surface area contributed by atoms with Gasteiger partial charge in [0, 0.05) is 17.2 Å². The molecule has 0 unspecified atom stereocenters. The molecule has 1 heterocycles. The fraction of sp³-hybridized carbons (Fsp3) is 0.0625. The highest BCUT2D eigenvalue weighted by molar-refractivity contribution is 7.98. The van der Waals surface area contributed by atoms with E-state index >= 15 is 0 Å². The Morgan fingerprint density at radius 1 is 0.900 bits per heavy atom. The molecule has 1 aromatic heterocycles. The third-order valence-electron chi connectivity index (χ3n) is 2.88. The predicted molar refractivity (Wildman–Crippen MR) is 77.7 cm³/mol. The molecule has 0 aliphatic heterocycles. The predicted octanol–water partition coefficient (Wildman–Crippen LogP) is 4.81. The minimum atomic E-state index is -0.549. The van der Waals surface area contributed by atoms with Crippen LogP contribution in [0.3, 0.4) is 0 Å². The van der Waals surface area contributed by atoms with Crippen LogP contribution in [0.2, 0.25) is 0 Å². The zero-order chi connectivity index (χ0) is 13.9. The van der Waals surface area contributed by atoms with E-state index in [-0.39, 0.29) is 0 Å². The van der Waals surface area contributed by atoms with E-state index in [4.69, 9.17) is 0 Å². The van der Waals surface area contributed by atoms with Crippen molar-refractivity contribution in [2.24, 2.45) is 0 Å². The Labute approximate surface area is 119 Å². The second-order valence-electron chi connectivity index (χ2n) is 4.41. The summed E-state index contributed by atoms with van der Waals surface area (Å²) in [6.07, 6.45) is 0. The first-order chi connectivity index (χ1) is 9.70. The number of thioether (sulfide) groups is 1. The minimum Gasteiger partial charge on any atom is -0.241 e. The number of hydrogen-bond acceptors (Lipinski definition) is 2. The number of hydrogen-bond donors (Lipinski definition) is 0. The van der Waals surface area contributed by atoms with Crippen molar-refractivity contribution in [3.8, 4) is 0 Å². The Hall–Kier alpha value is -1.94. The van der Waals surface area contributed by atoms with Gasteiger partial charge in [-0.05, 0) is 29.8 Å². The zero-order valence-electron chi connectivity index (χ0n) is 10.5. The fourth-order valence-corrected chi connectivity index (χ4v) is 2.79. The smallest absolute Gasteiger partial charge is 0.126 e. The van der Waals surface area contributed by atoms with Crippen LogP contribution in [0.1, 0.15) is 5.56 Å². The molecule has 0 saturated heterocycles. The molecule has 0 radical (unpaired) electrons. The van der Waals surface area contributed by atoms with Crippen molar-refractivity contribution in [2.75, 3.05) is 0 Å². The van der Waals surface area contributed by atoms with Gasteiger partial charge >= 0.3 is 0 Å². The zero-order valence-corrected chi connectivity index (χ0v) is 11.3. The first-order valence-electron chi connectivity index (χ1n) is 6.14. The van der Waals surface area contributed by atoms with Crippen LogP contribution in [0.4, 0.5) is 8.78 Å². The van der Waals surface area contributed by atoms with Crippen molar-refractivity contribution in [1.82, 2.24) is 4.98 Å². The molecule has 0 bridgehead atoms. The van der Waals surface area contributed by atoms with E-state index in [0.29, 0.717) is 11.3 Å². The molecule has 0 spiro atoms. The fourth-order valence-electron chi connectivity index (χ4n) is 1.98. The maximum atomic E-state index is 13.1. The van der Waals surface area contributed by atoms with Crippen LogP contribution < -0.4 is 0 Å². The van der Waals surface area contributed by atoms with Crippen LogP contribution in [0.25, 0.3) is 10.9 Å². The lowest BCUT2D eigenvalue weighted by atomic mass is 10.2. The molecule has 0 aliphatic carbocycles. The molecule has 20 heavy (non-hydrogen) atoms. The summed E-state index contributed by atoms with van der Waals surface area (Å²) >= 11 is 1.46. The van der Waals surface area contributed by atoms with Gasteiger partial charge in [0.1, 0.15) is 11.6 Å². The molecular weight excluding hydrogens is 276 g/mol. The van der Waals surface area contributed by atoms with Gasteiger partial charge in [-0.25, -0.2) is 13.8 Å². The second kappa shape index (κ2) is 5.59. The molecule has 3 aromatic rings. The lowest BCUT2D eigenvalue weighted by molar-refractivity contribution is 0.581. The van der Waals surface area contributed by atoms with Gasteiger partial charge in [0.15, 0.2) is 0 Å². The number of aromatic nitrogens is 1. The third-order valence-corrected chi connectivity index (χ3v) is 3.88. The quantitative estimate of drug-likeness (QED) is 0.641. The molecule has 0 amide bonds. The van der Waals surface area contributed by atoms with Crippen molar-refractivity contribution in [2.45, 2.75) is 10.8 Å². The Balaban J connectivity index is 1.79. The first kappa shape index (κ1) is 13.1. The highest BCUT2D eigenvalue weighted by atomic mass is 32.2. The average Bonchev–Trinajstić information content (AvgIpc) is 2.44. The topological polar surface area (TPSA) is 12.9 Å². The van der Waals surface area contributed by atoms with Crippen molar-refractivity contribution < 1.29 is 8.78 Å². The van der Waals surface area contributed by atoms with Gasteiger partial charge in [0.05, 0.1) is 10.5 Å². The Morgan fingerprint density at radius 3 is 2.45 bits per heavy atom. The normalized spacial score (nSPS) is 10.9. The Kier molecular flexibility index (Phi) is 3.65. The molecule has 2 aromatic carbocycles. The molecular formula is C16H11F2NS. The van der Waals surface area contributed by atoms with Crippen molar-refractivity contribution in [3.05, 3.63) is 71.8 Å². The maximum absolute atomic E-state index is 13.1. The summed E-state index contributed by atoms with van der Waals surface area (Å²) in [4.78, 5) is 4.51. The standard InChI is InChI=1S/C16H11F2NS/c17-13-7-11(8-14(18)9-13)10-20-16-6-5-12-3-1-2-4-15(12)19-16/h1-9H,10H2. The van der Waals surface area contributed by atoms with Gasteiger partial charge in [-0.1, -0.05) is 24.3 Å². The largest absolute Gasteiger partial charge is 0.241 e. The van der Waals surface area contributed by atoms with E-state index in [2.05, 4.69) is 4.98 Å². The molecule has 100 valence electrons. The van der Waals surface area contributed by atoms with Gasteiger partial charge in [-0.15, -0.1) is 11.8 Å². The van der Waals surface area contributed by atoms with E-state index in [9.17, 15) is 8.78 Å². The number of nitrogens with zero attached hydrogens (tertiary/aromatic N) is 1. The highest BCUT2D eigenvalue weighted by Crippen LogP contribution is 2.24. The molecule has 0 fully saturated rings. The van der Waals surface area contributed by atoms with Crippen molar-refractivity contribution in [3.63, 3.8) is 0 Å². The lowest BCUT2D eigenvalue weighted by Crippen LogP contribution is -1.88. The Morgan fingerprint density at radius 2 is 1.65 bits per heavy atom. The number of fused-ring (bicyclic) bond motifs is 1. The molecule has 0 saturated carbocycles. The summed E-state index contributed by atoms with van der Waals surface area (Å²) in [5.74, 6) is -0.612. The van der Waals surface area contributed by atoms with Crippen molar-refractivity contribution in [1.29, 1.82) is 0 Å². The van der Waals surface area contributed by atoms with E-state index in [0.717, 1.165) is 22.0 Å². The number of para-hydroxylation sites is 1. The van der Waals surface area contributed by atoms with Crippen LogP contribution in [-0.2, 0) is 5.75 Å². The molecule has 4 heteroatoms. The summed E-state index contributed by atoms with van der Waals surface area (Å²) in [6.45, 7) is 0. The van der Waals surface area contributed by atoms with Gasteiger partial charge < -0.3 is 0 Å². The highest BCUT2D eigenvalue weighted by Gasteiger charge is 2.03.